The Morgan fingerprint density at radius 1 is 1.10 bits per heavy atom. The van der Waals surface area contributed by atoms with Crippen LogP contribution in [-0.4, -0.2) is 5.97 Å². The summed E-state index contributed by atoms with van der Waals surface area (Å²) in [6.45, 7) is 13.8. The van der Waals surface area contributed by atoms with E-state index >= 15 is 0 Å². The molecule has 0 amide bonds. The van der Waals surface area contributed by atoms with Crippen LogP contribution in [0.2, 0.25) is 0 Å². The zero-order chi connectivity index (χ0) is 15.7. The van der Waals surface area contributed by atoms with Gasteiger partial charge in [0.15, 0.2) is 5.75 Å². The molecule has 0 aliphatic carbocycles. The number of nitriles is 1. The van der Waals surface area contributed by atoms with Crippen LogP contribution in [0, 0.1) is 11.3 Å². The molecule has 0 fully saturated rings. The van der Waals surface area contributed by atoms with Crippen molar-refractivity contribution in [1.29, 1.82) is 5.26 Å². The third kappa shape index (κ3) is 3.60. The number of carbonyl (C=O) groups is 1. The van der Waals surface area contributed by atoms with Crippen LogP contribution >= 0.6 is 0 Å². The van der Waals surface area contributed by atoms with Crippen LogP contribution in [0.4, 0.5) is 0 Å². The van der Waals surface area contributed by atoms with Gasteiger partial charge in [-0.25, -0.2) is 0 Å². The van der Waals surface area contributed by atoms with Crippen molar-refractivity contribution < 1.29 is 9.53 Å². The molecule has 0 N–H and O–H groups in total. The minimum atomic E-state index is -0.407. The second-order valence-electron chi connectivity index (χ2n) is 7.11. The van der Waals surface area contributed by atoms with Gasteiger partial charge in [-0.15, -0.1) is 0 Å². The maximum atomic E-state index is 11.3. The second-order valence-corrected chi connectivity index (χ2v) is 7.11. The highest BCUT2D eigenvalue weighted by molar-refractivity contribution is 5.72. The first-order chi connectivity index (χ1) is 8.96. The van der Waals surface area contributed by atoms with Gasteiger partial charge in [0.2, 0.25) is 0 Å². The molecule has 0 aliphatic rings. The number of rotatable bonds is 1. The average molecular weight is 273 g/mol. The highest BCUT2D eigenvalue weighted by Crippen LogP contribution is 2.38. The number of hydrogen-bond donors (Lipinski definition) is 0. The topological polar surface area (TPSA) is 50.1 Å². The van der Waals surface area contributed by atoms with Crippen molar-refractivity contribution in [2.24, 2.45) is 0 Å². The van der Waals surface area contributed by atoms with Crippen LogP contribution in [0.5, 0.6) is 5.75 Å². The smallest absolute Gasteiger partial charge is 0.308 e. The largest absolute Gasteiger partial charge is 0.425 e. The minimum absolute atomic E-state index is 0.0691. The van der Waals surface area contributed by atoms with Crippen molar-refractivity contribution in [2.45, 2.75) is 59.3 Å². The maximum absolute atomic E-state index is 11.3. The molecule has 0 aliphatic heterocycles. The van der Waals surface area contributed by atoms with Gasteiger partial charge in [-0.3, -0.25) is 4.79 Å². The van der Waals surface area contributed by atoms with Gasteiger partial charge < -0.3 is 4.74 Å². The number of benzene rings is 1. The van der Waals surface area contributed by atoms with E-state index in [-0.39, 0.29) is 10.8 Å². The maximum Gasteiger partial charge on any atom is 0.308 e. The van der Waals surface area contributed by atoms with E-state index in [0.717, 1.165) is 11.1 Å². The summed E-state index contributed by atoms with van der Waals surface area (Å²) in [5.74, 6) is -0.0176. The molecule has 0 saturated heterocycles. The highest BCUT2D eigenvalue weighted by atomic mass is 16.5. The lowest BCUT2D eigenvalue weighted by atomic mass is 9.79. The van der Waals surface area contributed by atoms with Gasteiger partial charge in [0.05, 0.1) is 5.56 Å². The van der Waals surface area contributed by atoms with E-state index < -0.39 is 5.97 Å². The van der Waals surface area contributed by atoms with Crippen LogP contribution < -0.4 is 4.74 Å². The molecule has 108 valence electrons. The highest BCUT2D eigenvalue weighted by Gasteiger charge is 2.26. The Morgan fingerprint density at radius 2 is 1.65 bits per heavy atom. The van der Waals surface area contributed by atoms with E-state index in [1.165, 1.54) is 6.92 Å². The standard InChI is InChI=1S/C17H23NO2/c1-11(19)20-15-12(10-18)8-13(16(2,3)4)9-14(15)17(5,6)7/h8-9H,1-7H3. The molecule has 0 bridgehead atoms. The Bertz CT molecular complexity index is 566. The van der Waals surface area contributed by atoms with Crippen LogP contribution in [0.1, 0.15) is 65.2 Å². The Labute approximate surface area is 121 Å². The van der Waals surface area contributed by atoms with Crippen molar-refractivity contribution in [3.05, 3.63) is 28.8 Å². The van der Waals surface area contributed by atoms with Crippen LogP contribution in [0.3, 0.4) is 0 Å². The molecule has 3 heteroatoms. The second kappa shape index (κ2) is 5.28. The number of carbonyl (C=O) groups excluding carboxylic acids is 1. The van der Waals surface area contributed by atoms with E-state index in [0.29, 0.717) is 11.3 Å². The van der Waals surface area contributed by atoms with Crippen molar-refractivity contribution >= 4 is 5.97 Å². The number of nitrogens with zero attached hydrogens (tertiary/aromatic N) is 1. The molecule has 0 radical (unpaired) electrons. The molecule has 3 nitrogen and oxygen atoms in total. The van der Waals surface area contributed by atoms with Crippen molar-refractivity contribution in [3.63, 3.8) is 0 Å². The van der Waals surface area contributed by atoms with Gasteiger partial charge in [-0.05, 0) is 22.5 Å². The molecule has 0 unspecified atom stereocenters. The van der Waals surface area contributed by atoms with E-state index in [1.54, 1.807) is 0 Å². The average Bonchev–Trinajstić information content (AvgIpc) is 2.25. The summed E-state index contributed by atoms with van der Waals surface area (Å²) in [5, 5.41) is 9.37. The molecule has 0 aromatic heterocycles. The molecule has 0 atom stereocenters. The lowest BCUT2D eigenvalue weighted by molar-refractivity contribution is -0.131. The van der Waals surface area contributed by atoms with Crippen molar-refractivity contribution in [3.8, 4) is 11.8 Å². The van der Waals surface area contributed by atoms with Gasteiger partial charge in [0.25, 0.3) is 0 Å². The first kappa shape index (κ1) is 16.2. The predicted octanol–water partition coefficient (Wildman–Crippen LogP) is 4.08. The molecule has 0 saturated carbocycles. The minimum Gasteiger partial charge on any atom is -0.425 e. The van der Waals surface area contributed by atoms with Gasteiger partial charge in [0.1, 0.15) is 6.07 Å². The van der Waals surface area contributed by atoms with E-state index in [4.69, 9.17) is 4.74 Å². The third-order valence-corrected chi connectivity index (χ3v) is 3.13. The molecule has 1 aromatic rings. The van der Waals surface area contributed by atoms with E-state index in [1.807, 2.05) is 32.9 Å². The summed E-state index contributed by atoms with van der Waals surface area (Å²) < 4.78 is 5.30. The number of ether oxygens (including phenoxy) is 1. The number of esters is 1. The lowest BCUT2D eigenvalue weighted by Crippen LogP contribution is -2.19. The Hall–Kier alpha value is -1.82. The normalized spacial score (nSPS) is 11.9. The SMILES string of the molecule is CC(=O)Oc1c(C#N)cc(C(C)(C)C)cc1C(C)(C)C. The summed E-state index contributed by atoms with van der Waals surface area (Å²) in [4.78, 5) is 11.3. The molecular formula is C17H23NO2. The Morgan fingerprint density at radius 3 is 2.00 bits per heavy atom. The van der Waals surface area contributed by atoms with E-state index in [2.05, 4.69) is 26.8 Å². The zero-order valence-electron chi connectivity index (χ0n) is 13.4. The quantitative estimate of drug-likeness (QED) is 0.572. The summed E-state index contributed by atoms with van der Waals surface area (Å²) in [5.41, 5.74) is 2.09. The van der Waals surface area contributed by atoms with Gasteiger partial charge in [0, 0.05) is 12.5 Å². The molecule has 1 aromatic carbocycles. The van der Waals surface area contributed by atoms with Gasteiger partial charge >= 0.3 is 5.97 Å². The molecule has 1 rings (SSSR count). The van der Waals surface area contributed by atoms with Gasteiger partial charge in [-0.2, -0.15) is 5.26 Å². The van der Waals surface area contributed by atoms with Crippen molar-refractivity contribution in [1.82, 2.24) is 0 Å². The van der Waals surface area contributed by atoms with Crippen LogP contribution in [0.25, 0.3) is 0 Å². The third-order valence-electron chi connectivity index (χ3n) is 3.13. The molecule has 20 heavy (non-hydrogen) atoms. The molecule has 0 heterocycles. The molecular weight excluding hydrogens is 250 g/mol. The Kier molecular flexibility index (Phi) is 4.29. The zero-order valence-corrected chi connectivity index (χ0v) is 13.4. The van der Waals surface area contributed by atoms with E-state index in [9.17, 15) is 10.1 Å². The fourth-order valence-electron chi connectivity index (χ4n) is 1.96. The van der Waals surface area contributed by atoms with Gasteiger partial charge in [-0.1, -0.05) is 47.6 Å². The van der Waals surface area contributed by atoms with Crippen LogP contribution in [-0.2, 0) is 15.6 Å². The fourth-order valence-corrected chi connectivity index (χ4v) is 1.96. The summed E-state index contributed by atoms with van der Waals surface area (Å²) in [6, 6.07) is 6.00. The monoisotopic (exact) mass is 273 g/mol. The van der Waals surface area contributed by atoms with Crippen LogP contribution in [0.15, 0.2) is 12.1 Å². The number of hydrogen-bond acceptors (Lipinski definition) is 3. The first-order valence-corrected chi connectivity index (χ1v) is 6.74. The summed E-state index contributed by atoms with van der Waals surface area (Å²) >= 11 is 0. The summed E-state index contributed by atoms with van der Waals surface area (Å²) in [7, 11) is 0. The van der Waals surface area contributed by atoms with Crippen molar-refractivity contribution in [2.75, 3.05) is 0 Å². The fraction of sp³-hybridized carbons (Fsp3) is 0.529. The summed E-state index contributed by atoms with van der Waals surface area (Å²) in [6.07, 6.45) is 0. The lowest BCUT2D eigenvalue weighted by Gasteiger charge is -2.27. The molecule has 0 spiro atoms. The Balaban J connectivity index is 3.66. The first-order valence-electron chi connectivity index (χ1n) is 6.74. The predicted molar refractivity (Wildman–Crippen MR) is 79.9 cm³/mol.